The minimum Gasteiger partial charge on any atom is -0.341 e. The van der Waals surface area contributed by atoms with Crippen molar-refractivity contribution in [1.82, 2.24) is 4.90 Å². The van der Waals surface area contributed by atoms with Gasteiger partial charge >= 0.3 is 0 Å². The summed E-state index contributed by atoms with van der Waals surface area (Å²) in [5, 5.41) is 10.9. The van der Waals surface area contributed by atoms with Crippen molar-refractivity contribution in [2.45, 2.75) is 24.7 Å². The lowest BCUT2D eigenvalue weighted by molar-refractivity contribution is -0.384. The van der Waals surface area contributed by atoms with Gasteiger partial charge in [-0.2, -0.15) is 0 Å². The Morgan fingerprint density at radius 1 is 1.10 bits per heavy atom. The molecular formula is C20H23N3O5S. The second-order valence-electron chi connectivity index (χ2n) is 7.16. The molecule has 1 aliphatic heterocycles. The van der Waals surface area contributed by atoms with Crippen molar-refractivity contribution in [1.29, 1.82) is 0 Å². The number of hydrogen-bond donors (Lipinski definition) is 0. The van der Waals surface area contributed by atoms with Crippen LogP contribution in [-0.4, -0.2) is 43.8 Å². The zero-order valence-electron chi connectivity index (χ0n) is 16.1. The molecule has 2 aromatic rings. The number of likely N-dealkylation sites (tertiary alicyclic amines) is 1. The van der Waals surface area contributed by atoms with Crippen molar-refractivity contribution in [2.75, 3.05) is 23.9 Å². The molecule has 1 saturated heterocycles. The maximum absolute atomic E-state index is 13.2. The predicted molar refractivity (Wildman–Crippen MR) is 109 cm³/mol. The van der Waals surface area contributed by atoms with Crippen LogP contribution in [0, 0.1) is 16.0 Å². The minimum atomic E-state index is -4.02. The number of anilines is 1. The Balaban J connectivity index is 1.93. The van der Waals surface area contributed by atoms with Crippen molar-refractivity contribution < 1.29 is 18.1 Å². The van der Waals surface area contributed by atoms with Gasteiger partial charge in [-0.3, -0.25) is 19.2 Å². The Hall–Kier alpha value is -2.94. The second-order valence-corrected chi connectivity index (χ2v) is 9.02. The molecule has 154 valence electrons. The van der Waals surface area contributed by atoms with E-state index in [9.17, 15) is 23.3 Å². The molecule has 0 unspecified atom stereocenters. The van der Waals surface area contributed by atoms with Crippen molar-refractivity contribution in [2.24, 2.45) is 5.92 Å². The topological polar surface area (TPSA) is 101 Å². The number of nitro groups is 1. The van der Waals surface area contributed by atoms with Gasteiger partial charge in [0, 0.05) is 25.2 Å². The highest BCUT2D eigenvalue weighted by Crippen LogP contribution is 2.26. The van der Waals surface area contributed by atoms with Gasteiger partial charge in [-0.1, -0.05) is 25.1 Å². The number of piperidine rings is 1. The molecule has 8 nitrogen and oxygen atoms in total. The molecule has 0 atom stereocenters. The highest BCUT2D eigenvalue weighted by Gasteiger charge is 2.30. The van der Waals surface area contributed by atoms with Crippen LogP contribution in [-0.2, 0) is 14.8 Å². The lowest BCUT2D eigenvalue weighted by Gasteiger charge is -2.32. The Bertz CT molecular complexity index is 969. The van der Waals surface area contributed by atoms with Crippen molar-refractivity contribution in [3.8, 4) is 0 Å². The summed E-state index contributed by atoms with van der Waals surface area (Å²) >= 11 is 0. The van der Waals surface area contributed by atoms with Gasteiger partial charge in [0.2, 0.25) is 5.91 Å². The van der Waals surface area contributed by atoms with E-state index in [0.29, 0.717) is 19.0 Å². The van der Waals surface area contributed by atoms with Crippen LogP contribution in [0.4, 0.5) is 11.4 Å². The van der Waals surface area contributed by atoms with Gasteiger partial charge in [-0.15, -0.1) is 0 Å². The van der Waals surface area contributed by atoms with Crippen molar-refractivity contribution in [3.05, 3.63) is 64.7 Å². The molecule has 3 rings (SSSR count). The van der Waals surface area contributed by atoms with Crippen LogP contribution >= 0.6 is 0 Å². The SMILES string of the molecule is CC1CCN(C(=O)CN(c2ccc([N+](=O)[O-])cc2)S(=O)(=O)c2ccccc2)CC1. The van der Waals surface area contributed by atoms with E-state index in [1.165, 1.54) is 36.4 Å². The van der Waals surface area contributed by atoms with Crippen LogP contribution in [0.1, 0.15) is 19.8 Å². The monoisotopic (exact) mass is 417 g/mol. The third-order valence-electron chi connectivity index (χ3n) is 5.09. The molecule has 2 aromatic carbocycles. The predicted octanol–water partition coefficient (Wildman–Crippen LogP) is 3.05. The second kappa shape index (κ2) is 8.60. The van der Waals surface area contributed by atoms with Crippen LogP contribution in [0.2, 0.25) is 0 Å². The van der Waals surface area contributed by atoms with E-state index in [-0.39, 0.29) is 28.7 Å². The van der Waals surface area contributed by atoms with Crippen molar-refractivity contribution >= 4 is 27.3 Å². The fourth-order valence-corrected chi connectivity index (χ4v) is 4.69. The standard InChI is InChI=1S/C20H23N3O5S/c1-16-11-13-21(14-12-16)20(24)15-22(17-7-9-18(10-8-17)23(25)26)29(27,28)19-5-3-2-4-6-19/h2-10,16H,11-15H2,1H3. The van der Waals surface area contributed by atoms with Gasteiger partial charge in [0.1, 0.15) is 6.54 Å². The summed E-state index contributed by atoms with van der Waals surface area (Å²) in [4.78, 5) is 25.0. The lowest BCUT2D eigenvalue weighted by Crippen LogP contribution is -2.45. The van der Waals surface area contributed by atoms with Crippen LogP contribution in [0.5, 0.6) is 0 Å². The van der Waals surface area contributed by atoms with Crippen molar-refractivity contribution in [3.63, 3.8) is 0 Å². The maximum Gasteiger partial charge on any atom is 0.269 e. The number of hydrogen-bond acceptors (Lipinski definition) is 5. The molecule has 1 fully saturated rings. The number of amides is 1. The van der Waals surface area contributed by atoms with E-state index in [0.717, 1.165) is 17.1 Å². The summed E-state index contributed by atoms with van der Waals surface area (Å²) in [6, 6.07) is 13.0. The van der Waals surface area contributed by atoms with Gasteiger partial charge < -0.3 is 4.90 Å². The van der Waals surface area contributed by atoms with E-state index in [2.05, 4.69) is 6.92 Å². The zero-order chi connectivity index (χ0) is 21.0. The summed E-state index contributed by atoms with van der Waals surface area (Å²) in [5.74, 6) is 0.257. The molecule has 0 saturated carbocycles. The number of non-ortho nitro benzene ring substituents is 1. The third kappa shape index (κ3) is 4.73. The first-order chi connectivity index (χ1) is 13.8. The van der Waals surface area contributed by atoms with Crippen LogP contribution in [0.15, 0.2) is 59.5 Å². The molecule has 0 spiro atoms. The van der Waals surface area contributed by atoms with Gasteiger partial charge in [-0.05, 0) is 43.0 Å². The molecule has 0 aromatic heterocycles. The Morgan fingerprint density at radius 3 is 2.24 bits per heavy atom. The van der Waals surface area contributed by atoms with E-state index >= 15 is 0 Å². The highest BCUT2D eigenvalue weighted by atomic mass is 32.2. The van der Waals surface area contributed by atoms with E-state index in [1.54, 1.807) is 23.1 Å². The number of nitro benzene ring substituents is 1. The van der Waals surface area contributed by atoms with Gasteiger partial charge in [-0.25, -0.2) is 8.42 Å². The summed E-state index contributed by atoms with van der Waals surface area (Å²) in [6.45, 7) is 2.97. The first-order valence-electron chi connectivity index (χ1n) is 9.39. The molecule has 0 N–H and O–H groups in total. The Kier molecular flexibility index (Phi) is 6.17. The molecule has 1 amide bonds. The fraction of sp³-hybridized carbons (Fsp3) is 0.350. The first-order valence-corrected chi connectivity index (χ1v) is 10.8. The Labute approximate surface area is 169 Å². The number of carbonyl (C=O) groups excluding carboxylic acids is 1. The summed E-state index contributed by atoms with van der Waals surface area (Å²) in [5.41, 5.74) is 0.0559. The maximum atomic E-state index is 13.2. The lowest BCUT2D eigenvalue weighted by atomic mass is 9.99. The fourth-order valence-electron chi connectivity index (χ4n) is 3.26. The zero-order valence-corrected chi connectivity index (χ0v) is 16.9. The molecule has 0 aliphatic carbocycles. The average molecular weight is 417 g/mol. The molecule has 1 aliphatic rings. The Morgan fingerprint density at radius 2 is 1.69 bits per heavy atom. The summed E-state index contributed by atoms with van der Waals surface area (Å²) in [6.07, 6.45) is 1.77. The van der Waals surface area contributed by atoms with Crippen LogP contribution < -0.4 is 4.31 Å². The smallest absolute Gasteiger partial charge is 0.269 e. The molecule has 9 heteroatoms. The highest BCUT2D eigenvalue weighted by molar-refractivity contribution is 7.92. The number of carbonyl (C=O) groups is 1. The molecule has 1 heterocycles. The van der Waals surface area contributed by atoms with E-state index < -0.39 is 14.9 Å². The third-order valence-corrected chi connectivity index (χ3v) is 6.88. The molecule has 0 radical (unpaired) electrons. The van der Waals surface area contributed by atoms with E-state index in [4.69, 9.17) is 0 Å². The molecule has 0 bridgehead atoms. The van der Waals surface area contributed by atoms with Crippen LogP contribution in [0.3, 0.4) is 0 Å². The summed E-state index contributed by atoms with van der Waals surface area (Å²) in [7, 11) is -4.02. The normalized spacial score (nSPS) is 15.1. The van der Waals surface area contributed by atoms with Gasteiger partial charge in [0.15, 0.2) is 0 Å². The minimum absolute atomic E-state index is 0.0541. The number of benzene rings is 2. The van der Waals surface area contributed by atoms with Gasteiger partial charge in [0.05, 0.1) is 15.5 Å². The largest absolute Gasteiger partial charge is 0.341 e. The first kappa shape index (κ1) is 20.8. The number of nitrogens with zero attached hydrogens (tertiary/aromatic N) is 3. The quantitative estimate of drug-likeness (QED) is 0.531. The van der Waals surface area contributed by atoms with Crippen LogP contribution in [0.25, 0.3) is 0 Å². The van der Waals surface area contributed by atoms with E-state index in [1.807, 2.05) is 0 Å². The number of rotatable bonds is 6. The molecular weight excluding hydrogens is 394 g/mol. The number of sulfonamides is 1. The summed E-state index contributed by atoms with van der Waals surface area (Å²) < 4.78 is 27.5. The molecule has 29 heavy (non-hydrogen) atoms. The average Bonchev–Trinajstić information content (AvgIpc) is 2.73. The van der Waals surface area contributed by atoms with Gasteiger partial charge in [0.25, 0.3) is 15.7 Å².